The van der Waals surface area contributed by atoms with Crippen LogP contribution in [-0.4, -0.2) is 59.0 Å². The predicted octanol–water partition coefficient (Wildman–Crippen LogP) is 2.27. The van der Waals surface area contributed by atoms with Gasteiger partial charge >= 0.3 is 0 Å². The van der Waals surface area contributed by atoms with Gasteiger partial charge in [0.05, 0.1) is 29.4 Å². The number of aromatic nitrogens is 3. The van der Waals surface area contributed by atoms with Gasteiger partial charge in [0.2, 0.25) is 5.95 Å². The van der Waals surface area contributed by atoms with Gasteiger partial charge in [0.1, 0.15) is 11.3 Å². The minimum Gasteiger partial charge on any atom is -0.493 e. The van der Waals surface area contributed by atoms with Gasteiger partial charge in [-0.05, 0) is 32.3 Å². The van der Waals surface area contributed by atoms with Crippen LogP contribution in [-0.2, 0) is 0 Å². The Kier molecular flexibility index (Phi) is 4.70. The van der Waals surface area contributed by atoms with Crippen molar-refractivity contribution in [1.82, 2.24) is 19.3 Å². The first-order valence-electron chi connectivity index (χ1n) is 9.68. The number of hydrogen-bond acceptors (Lipinski definition) is 5. The van der Waals surface area contributed by atoms with Crippen LogP contribution < -0.4 is 15.2 Å². The van der Waals surface area contributed by atoms with Crippen molar-refractivity contribution < 1.29 is 9.53 Å². The second-order valence-corrected chi connectivity index (χ2v) is 7.28. The molecule has 3 heterocycles. The molecule has 0 aliphatic carbocycles. The van der Waals surface area contributed by atoms with Crippen molar-refractivity contribution in [3.63, 3.8) is 0 Å². The summed E-state index contributed by atoms with van der Waals surface area (Å²) in [5.74, 6) is 1.09. The molecule has 28 heavy (non-hydrogen) atoms. The number of aromatic amines is 1. The van der Waals surface area contributed by atoms with Gasteiger partial charge in [-0.3, -0.25) is 14.0 Å². The molecule has 8 nitrogen and oxygen atoms in total. The highest BCUT2D eigenvalue weighted by Gasteiger charge is 2.22. The third kappa shape index (κ3) is 2.98. The maximum absolute atomic E-state index is 12.7. The first kappa shape index (κ1) is 18.3. The second kappa shape index (κ2) is 7.18. The number of benzene rings is 1. The van der Waals surface area contributed by atoms with Crippen LogP contribution in [0.4, 0.5) is 5.95 Å². The standard InChI is InChI=1S/C20H25N5O3/c1-4-28-17-11-15-14(10-13(17)19(27)23(2)3)22-18(26)16-12-21-20(25(15)16)24-8-6-5-7-9-24/h10-12H,4-9H2,1-3H3,(H,22,26). The summed E-state index contributed by atoms with van der Waals surface area (Å²) >= 11 is 0. The average Bonchev–Trinajstić information content (AvgIpc) is 3.14. The highest BCUT2D eigenvalue weighted by molar-refractivity contribution is 6.00. The van der Waals surface area contributed by atoms with Crippen molar-refractivity contribution in [3.05, 3.63) is 34.2 Å². The Labute approximate surface area is 162 Å². The van der Waals surface area contributed by atoms with Gasteiger partial charge in [-0.25, -0.2) is 4.98 Å². The summed E-state index contributed by atoms with van der Waals surface area (Å²) < 4.78 is 7.65. The van der Waals surface area contributed by atoms with Crippen molar-refractivity contribution in [2.24, 2.45) is 0 Å². The third-order valence-corrected chi connectivity index (χ3v) is 5.14. The molecule has 1 aromatic carbocycles. The van der Waals surface area contributed by atoms with E-state index in [9.17, 15) is 9.59 Å². The predicted molar refractivity (Wildman–Crippen MR) is 109 cm³/mol. The summed E-state index contributed by atoms with van der Waals surface area (Å²) in [7, 11) is 3.39. The second-order valence-electron chi connectivity index (χ2n) is 7.28. The molecule has 1 aliphatic heterocycles. The molecule has 0 unspecified atom stereocenters. The zero-order valence-corrected chi connectivity index (χ0v) is 16.5. The number of amides is 1. The lowest BCUT2D eigenvalue weighted by molar-refractivity contribution is 0.0823. The number of anilines is 1. The number of H-pyrrole nitrogens is 1. The Balaban J connectivity index is 2.00. The molecule has 0 atom stereocenters. The first-order chi connectivity index (χ1) is 13.5. The minimum atomic E-state index is -0.226. The van der Waals surface area contributed by atoms with Crippen LogP contribution >= 0.6 is 0 Å². The SMILES string of the molecule is CCOc1cc2c(cc1C(=O)N(C)C)[nH]c(=O)c1cnc(N3CCCCC3)n12. The minimum absolute atomic E-state index is 0.173. The molecule has 4 rings (SSSR count). The topological polar surface area (TPSA) is 82.9 Å². The molecule has 1 aliphatic rings. The quantitative estimate of drug-likeness (QED) is 0.747. The molecule has 2 aromatic heterocycles. The summed E-state index contributed by atoms with van der Waals surface area (Å²) in [5, 5.41) is 0. The number of rotatable bonds is 4. The molecule has 1 amide bonds. The largest absolute Gasteiger partial charge is 0.493 e. The molecule has 1 N–H and O–H groups in total. The van der Waals surface area contributed by atoms with E-state index in [0.29, 0.717) is 29.0 Å². The third-order valence-electron chi connectivity index (χ3n) is 5.14. The molecule has 0 saturated carbocycles. The van der Waals surface area contributed by atoms with Gasteiger partial charge in [0.15, 0.2) is 0 Å². The van der Waals surface area contributed by atoms with Crippen LogP contribution in [0.25, 0.3) is 16.6 Å². The van der Waals surface area contributed by atoms with Crippen LogP contribution in [0.2, 0.25) is 0 Å². The molecule has 3 aromatic rings. The highest BCUT2D eigenvalue weighted by atomic mass is 16.5. The van der Waals surface area contributed by atoms with Crippen LogP contribution in [0.1, 0.15) is 36.5 Å². The molecule has 1 fully saturated rings. The van der Waals surface area contributed by atoms with E-state index in [1.165, 1.54) is 11.3 Å². The van der Waals surface area contributed by atoms with Crippen LogP contribution in [0.15, 0.2) is 23.1 Å². The van der Waals surface area contributed by atoms with Crippen LogP contribution in [0.3, 0.4) is 0 Å². The average molecular weight is 383 g/mol. The smallest absolute Gasteiger partial charge is 0.274 e. The maximum Gasteiger partial charge on any atom is 0.274 e. The van der Waals surface area contributed by atoms with E-state index in [1.54, 1.807) is 26.4 Å². The summed E-state index contributed by atoms with van der Waals surface area (Å²) in [6.45, 7) is 4.16. The van der Waals surface area contributed by atoms with Crippen molar-refractivity contribution >= 4 is 28.4 Å². The first-order valence-corrected chi connectivity index (χ1v) is 9.68. The number of imidazole rings is 1. The van der Waals surface area contributed by atoms with E-state index in [1.807, 2.05) is 17.4 Å². The van der Waals surface area contributed by atoms with E-state index in [4.69, 9.17) is 4.74 Å². The zero-order chi connectivity index (χ0) is 19.8. The number of hydrogen-bond donors (Lipinski definition) is 1. The molecule has 8 heteroatoms. The number of fused-ring (bicyclic) bond motifs is 3. The van der Waals surface area contributed by atoms with Gasteiger partial charge < -0.3 is 19.5 Å². The maximum atomic E-state index is 12.7. The fourth-order valence-corrected chi connectivity index (χ4v) is 3.78. The normalized spacial score (nSPS) is 14.6. The summed E-state index contributed by atoms with van der Waals surface area (Å²) in [6, 6.07) is 3.52. The molecule has 0 radical (unpaired) electrons. The monoisotopic (exact) mass is 383 g/mol. The van der Waals surface area contributed by atoms with Crippen molar-refractivity contribution in [2.45, 2.75) is 26.2 Å². The lowest BCUT2D eigenvalue weighted by Crippen LogP contribution is -2.31. The lowest BCUT2D eigenvalue weighted by atomic mass is 10.1. The van der Waals surface area contributed by atoms with E-state index in [-0.39, 0.29) is 11.5 Å². The van der Waals surface area contributed by atoms with Gasteiger partial charge in [-0.2, -0.15) is 0 Å². The van der Waals surface area contributed by atoms with Gasteiger partial charge in [0.25, 0.3) is 11.5 Å². The molecule has 1 saturated heterocycles. The number of piperidine rings is 1. The fraction of sp³-hybridized carbons (Fsp3) is 0.450. The Morgan fingerprint density at radius 1 is 1.21 bits per heavy atom. The number of carbonyl (C=O) groups is 1. The number of ether oxygens (including phenoxy) is 1. The van der Waals surface area contributed by atoms with E-state index >= 15 is 0 Å². The Morgan fingerprint density at radius 3 is 2.64 bits per heavy atom. The van der Waals surface area contributed by atoms with Crippen molar-refractivity contribution in [2.75, 3.05) is 38.7 Å². The Bertz CT molecular complexity index is 1090. The zero-order valence-electron chi connectivity index (χ0n) is 16.5. The Hall–Kier alpha value is -3.03. The molecule has 148 valence electrons. The lowest BCUT2D eigenvalue weighted by Gasteiger charge is -2.27. The van der Waals surface area contributed by atoms with E-state index < -0.39 is 0 Å². The molecule has 0 spiro atoms. The molecular weight excluding hydrogens is 358 g/mol. The summed E-state index contributed by atoms with van der Waals surface area (Å²) in [4.78, 5) is 36.4. The van der Waals surface area contributed by atoms with Gasteiger partial charge in [-0.1, -0.05) is 0 Å². The van der Waals surface area contributed by atoms with Gasteiger partial charge in [0, 0.05) is 33.3 Å². The number of nitrogens with one attached hydrogen (secondary N) is 1. The van der Waals surface area contributed by atoms with Crippen molar-refractivity contribution in [3.8, 4) is 5.75 Å². The van der Waals surface area contributed by atoms with Gasteiger partial charge in [-0.15, -0.1) is 0 Å². The van der Waals surface area contributed by atoms with E-state index in [2.05, 4.69) is 14.9 Å². The number of nitrogens with zero attached hydrogens (tertiary/aromatic N) is 4. The highest BCUT2D eigenvalue weighted by Crippen LogP contribution is 2.29. The van der Waals surface area contributed by atoms with Crippen molar-refractivity contribution in [1.29, 1.82) is 0 Å². The van der Waals surface area contributed by atoms with E-state index in [0.717, 1.165) is 37.4 Å². The Morgan fingerprint density at radius 2 is 1.96 bits per heavy atom. The van der Waals surface area contributed by atoms with Crippen LogP contribution in [0.5, 0.6) is 5.75 Å². The molecular formula is C20H25N5O3. The van der Waals surface area contributed by atoms with Crippen LogP contribution in [0, 0.1) is 0 Å². The summed E-state index contributed by atoms with van der Waals surface area (Å²) in [5.41, 5.74) is 2.04. The number of carbonyl (C=O) groups excluding carboxylic acids is 1. The summed E-state index contributed by atoms with van der Waals surface area (Å²) in [6.07, 6.45) is 5.05. The fourth-order valence-electron chi connectivity index (χ4n) is 3.78. The molecule has 0 bridgehead atoms.